The summed E-state index contributed by atoms with van der Waals surface area (Å²) < 4.78 is 0. The summed E-state index contributed by atoms with van der Waals surface area (Å²) in [4.78, 5) is 17.6. The van der Waals surface area contributed by atoms with Crippen LogP contribution in [-0.4, -0.2) is 23.9 Å². The topological polar surface area (TPSA) is 58.9 Å². The van der Waals surface area contributed by atoms with E-state index in [2.05, 4.69) is 38.1 Å². The first-order valence-corrected chi connectivity index (χ1v) is 11.3. The molecule has 1 N–H and O–H groups in total. The maximum Gasteiger partial charge on any atom is 0.309 e. The lowest BCUT2D eigenvalue weighted by Gasteiger charge is -2.53. The second-order valence-corrected chi connectivity index (χ2v) is 10.2. The Morgan fingerprint density at radius 2 is 2.03 bits per heavy atom. The molecule has 0 saturated heterocycles. The summed E-state index contributed by atoms with van der Waals surface area (Å²) in [5.74, 6) is -0.0989. The molecule has 0 heterocycles. The Bertz CT molecular complexity index is 865. The fraction of sp³-hybridized carbons (Fsp3) is 0.615. The smallest absolute Gasteiger partial charge is 0.309 e. The molecular formula is C26H37NO3. The maximum absolute atomic E-state index is 12.2. The molecule has 3 atom stereocenters. The zero-order chi connectivity index (χ0) is 22.1. The zero-order valence-electron chi connectivity index (χ0n) is 19.4. The van der Waals surface area contributed by atoms with Crippen LogP contribution in [0.25, 0.3) is 0 Å². The summed E-state index contributed by atoms with van der Waals surface area (Å²) in [6.07, 6.45) is 8.51. The Balaban J connectivity index is 2.01. The first-order chi connectivity index (χ1) is 14.1. The quantitative estimate of drug-likeness (QED) is 0.261. The molecule has 0 radical (unpaired) electrons. The number of benzene rings is 1. The van der Waals surface area contributed by atoms with Gasteiger partial charge in [0.15, 0.2) is 0 Å². The molecule has 1 fully saturated rings. The third-order valence-electron chi connectivity index (χ3n) is 7.50. The van der Waals surface area contributed by atoms with E-state index in [-0.39, 0.29) is 11.3 Å². The van der Waals surface area contributed by atoms with Gasteiger partial charge in [0.25, 0.3) is 0 Å². The van der Waals surface area contributed by atoms with Gasteiger partial charge in [0, 0.05) is 0 Å². The number of nitrogens with zero attached hydrogens (tertiary/aromatic N) is 1. The number of rotatable bonds is 6. The van der Waals surface area contributed by atoms with Crippen molar-refractivity contribution in [2.45, 2.75) is 85.0 Å². The third-order valence-corrected chi connectivity index (χ3v) is 7.50. The van der Waals surface area contributed by atoms with E-state index in [1.54, 1.807) is 0 Å². The van der Waals surface area contributed by atoms with Crippen LogP contribution in [0.3, 0.4) is 0 Å². The minimum atomic E-state index is -0.650. The first-order valence-electron chi connectivity index (χ1n) is 11.3. The van der Waals surface area contributed by atoms with Crippen LogP contribution in [0.5, 0.6) is 0 Å². The molecule has 2 aliphatic carbocycles. The van der Waals surface area contributed by atoms with Crippen molar-refractivity contribution in [3.63, 3.8) is 0 Å². The minimum Gasteiger partial charge on any atom is -0.481 e. The van der Waals surface area contributed by atoms with Gasteiger partial charge >= 0.3 is 5.97 Å². The Morgan fingerprint density at radius 3 is 2.67 bits per heavy atom. The molecular weight excluding hydrogens is 374 g/mol. The minimum absolute atomic E-state index is 0.111. The van der Waals surface area contributed by atoms with Crippen molar-refractivity contribution >= 4 is 12.2 Å². The van der Waals surface area contributed by atoms with Gasteiger partial charge in [-0.2, -0.15) is 0 Å². The van der Waals surface area contributed by atoms with Gasteiger partial charge in [0.1, 0.15) is 6.61 Å². The number of hydrogen-bond acceptors (Lipinski definition) is 3. The maximum atomic E-state index is 12.2. The molecule has 4 nitrogen and oxygen atoms in total. The molecule has 1 aromatic carbocycles. The largest absolute Gasteiger partial charge is 0.481 e. The van der Waals surface area contributed by atoms with Crippen molar-refractivity contribution in [3.05, 3.63) is 46.0 Å². The van der Waals surface area contributed by atoms with Crippen LogP contribution in [0.2, 0.25) is 0 Å². The summed E-state index contributed by atoms with van der Waals surface area (Å²) in [5.41, 5.74) is 5.52. The second kappa shape index (κ2) is 8.56. The number of carboxylic acids is 1. The van der Waals surface area contributed by atoms with Crippen molar-refractivity contribution in [3.8, 4) is 0 Å². The van der Waals surface area contributed by atoms with Gasteiger partial charge in [-0.05, 0) is 98.1 Å². The number of fused-ring (bicyclic) bond motifs is 3. The zero-order valence-corrected chi connectivity index (χ0v) is 19.4. The number of carbonyl (C=O) groups is 1. The van der Waals surface area contributed by atoms with E-state index in [1.165, 1.54) is 22.3 Å². The molecule has 3 rings (SSSR count). The predicted molar refractivity (Wildman–Crippen MR) is 122 cm³/mol. The fourth-order valence-electron chi connectivity index (χ4n) is 5.76. The summed E-state index contributed by atoms with van der Waals surface area (Å²) in [6, 6.07) is 4.61. The second-order valence-electron chi connectivity index (χ2n) is 10.2. The van der Waals surface area contributed by atoms with E-state index in [0.717, 1.165) is 37.7 Å². The molecule has 1 aromatic rings. The average Bonchev–Trinajstić information content (AvgIpc) is 2.66. The van der Waals surface area contributed by atoms with E-state index in [0.29, 0.717) is 12.5 Å². The highest BCUT2D eigenvalue weighted by molar-refractivity contribution is 5.83. The van der Waals surface area contributed by atoms with Crippen LogP contribution in [0, 0.1) is 11.3 Å². The molecule has 30 heavy (non-hydrogen) atoms. The number of aliphatic carboxylic acids is 1. The van der Waals surface area contributed by atoms with Gasteiger partial charge in [-0.15, -0.1) is 0 Å². The molecule has 2 aliphatic rings. The Hall–Kier alpha value is -2.10. The predicted octanol–water partition coefficient (Wildman–Crippen LogP) is 6.22. The Labute approximate surface area is 181 Å². The van der Waals surface area contributed by atoms with E-state index in [4.69, 9.17) is 4.84 Å². The molecule has 0 aliphatic heterocycles. The average molecular weight is 412 g/mol. The molecule has 0 aromatic heterocycles. The van der Waals surface area contributed by atoms with Gasteiger partial charge in [-0.1, -0.05) is 44.0 Å². The van der Waals surface area contributed by atoms with Gasteiger partial charge in [0.05, 0.1) is 11.6 Å². The fourth-order valence-corrected chi connectivity index (χ4v) is 5.76. The van der Waals surface area contributed by atoms with Crippen LogP contribution in [0.15, 0.2) is 28.9 Å². The monoisotopic (exact) mass is 411 g/mol. The highest BCUT2D eigenvalue weighted by Crippen LogP contribution is 2.57. The highest BCUT2D eigenvalue weighted by atomic mass is 16.6. The van der Waals surface area contributed by atoms with Gasteiger partial charge in [0.2, 0.25) is 0 Å². The van der Waals surface area contributed by atoms with Crippen LogP contribution in [0.4, 0.5) is 0 Å². The van der Waals surface area contributed by atoms with Crippen molar-refractivity contribution in [2.75, 3.05) is 6.61 Å². The van der Waals surface area contributed by atoms with Gasteiger partial charge in [-0.3, -0.25) is 4.79 Å². The number of oxime groups is 1. The highest BCUT2D eigenvalue weighted by Gasteiger charge is 2.55. The van der Waals surface area contributed by atoms with E-state index >= 15 is 0 Å². The lowest BCUT2D eigenvalue weighted by atomic mass is 9.49. The summed E-state index contributed by atoms with van der Waals surface area (Å²) in [5, 5.41) is 14.3. The number of allylic oxidation sites excluding steroid dienone is 1. The number of hydrogen-bond donors (Lipinski definition) is 1. The van der Waals surface area contributed by atoms with Gasteiger partial charge in [-0.25, -0.2) is 0 Å². The van der Waals surface area contributed by atoms with Crippen LogP contribution in [0.1, 0.15) is 95.4 Å². The van der Waals surface area contributed by atoms with E-state index < -0.39 is 11.4 Å². The Morgan fingerprint density at radius 1 is 1.30 bits per heavy atom. The number of aryl methyl sites for hydroxylation is 1. The van der Waals surface area contributed by atoms with Crippen molar-refractivity contribution in [1.82, 2.24) is 0 Å². The van der Waals surface area contributed by atoms with Crippen LogP contribution < -0.4 is 0 Å². The molecule has 0 bridgehead atoms. The molecule has 0 amide bonds. The molecule has 0 spiro atoms. The summed E-state index contributed by atoms with van der Waals surface area (Å²) in [6.45, 7) is 13.2. The first kappa shape index (κ1) is 22.6. The normalized spacial score (nSPS) is 28.2. The standard InChI is InChI=1S/C26H37NO3/c1-17(2)10-13-30-27-16-20-15-22-19(14-21(20)18(3)4)8-9-23-25(22,5)11-7-12-26(23,6)24(28)29/h10,14-16,18,23H,7-9,11-13H2,1-6H3,(H,28,29)/b27-16+/t23?,25-,26?/m1/s1. The summed E-state index contributed by atoms with van der Waals surface area (Å²) >= 11 is 0. The van der Waals surface area contributed by atoms with Crippen molar-refractivity contribution in [2.24, 2.45) is 16.5 Å². The SMILES string of the molecule is CC(C)=CCO/N=C/c1cc2c(cc1C(C)C)CCC1C(C)(C(=O)O)CCC[C@]21C. The summed E-state index contributed by atoms with van der Waals surface area (Å²) in [7, 11) is 0. The van der Waals surface area contributed by atoms with E-state index in [1.807, 2.05) is 33.1 Å². The molecule has 4 heteroatoms. The van der Waals surface area contributed by atoms with Crippen molar-refractivity contribution < 1.29 is 14.7 Å². The lowest BCUT2D eigenvalue weighted by Crippen LogP contribution is -2.52. The van der Waals surface area contributed by atoms with Gasteiger partial charge < -0.3 is 9.94 Å². The van der Waals surface area contributed by atoms with E-state index in [9.17, 15) is 9.90 Å². The number of carboxylic acid groups (broad SMARTS) is 1. The van der Waals surface area contributed by atoms with Crippen molar-refractivity contribution in [1.29, 1.82) is 0 Å². The lowest BCUT2D eigenvalue weighted by molar-refractivity contribution is -0.157. The molecule has 2 unspecified atom stereocenters. The molecule has 164 valence electrons. The Kier molecular flexibility index (Phi) is 6.45. The molecule has 1 saturated carbocycles. The van der Waals surface area contributed by atoms with Crippen LogP contribution >= 0.6 is 0 Å². The van der Waals surface area contributed by atoms with Crippen LogP contribution in [-0.2, 0) is 21.5 Å². The third kappa shape index (κ3) is 4.06.